The summed E-state index contributed by atoms with van der Waals surface area (Å²) in [5.74, 6) is -2.19. The molecule has 3 atom stereocenters. The van der Waals surface area contributed by atoms with E-state index in [-0.39, 0.29) is 11.5 Å². The van der Waals surface area contributed by atoms with Gasteiger partial charge in [0, 0.05) is 5.92 Å². The minimum Gasteiger partial charge on any atom is -0.465 e. The number of ether oxygens (including phenoxy) is 1. The molecule has 0 aliphatic heterocycles. The first-order valence-corrected chi connectivity index (χ1v) is 9.38. The fourth-order valence-electron chi connectivity index (χ4n) is 3.22. The molecule has 2 aromatic carbocycles. The van der Waals surface area contributed by atoms with Crippen LogP contribution in [0.25, 0.3) is 0 Å². The number of hydrogen-bond acceptors (Lipinski definition) is 5. The Bertz CT molecular complexity index is 900. The molecule has 0 aromatic heterocycles. The molecular weight excluding hydrogens is 345 g/mol. The molecule has 3 rings (SSSR count). The van der Waals surface area contributed by atoms with Gasteiger partial charge in [0.05, 0.1) is 11.5 Å². The van der Waals surface area contributed by atoms with Crippen molar-refractivity contribution in [3.63, 3.8) is 0 Å². The number of halogens is 1. The van der Waals surface area contributed by atoms with Crippen molar-refractivity contribution >= 4 is 15.8 Å². The van der Waals surface area contributed by atoms with Crippen LogP contribution in [0, 0.1) is 5.82 Å². The zero-order chi connectivity index (χ0) is 18.2. The fraction of sp³-hybridized carbons (Fsp3) is 0.278. The van der Waals surface area contributed by atoms with E-state index in [9.17, 15) is 17.6 Å². The first kappa shape index (κ1) is 17.6. The summed E-state index contributed by atoms with van der Waals surface area (Å²) in [6, 6.07) is 13.2. The summed E-state index contributed by atoms with van der Waals surface area (Å²) in [7, 11) is -3.90. The van der Waals surface area contributed by atoms with Crippen molar-refractivity contribution < 1.29 is 22.3 Å². The maximum absolute atomic E-state index is 13.6. The van der Waals surface area contributed by atoms with Gasteiger partial charge in [-0.3, -0.25) is 0 Å². The molecule has 5 nitrogen and oxygen atoms in total. The van der Waals surface area contributed by atoms with Gasteiger partial charge in [-0.15, -0.1) is 0 Å². The van der Waals surface area contributed by atoms with Crippen LogP contribution in [-0.2, 0) is 19.4 Å². The number of rotatable bonds is 5. The van der Waals surface area contributed by atoms with Crippen molar-refractivity contribution in [3.05, 3.63) is 66.0 Å². The summed E-state index contributed by atoms with van der Waals surface area (Å²) < 4.78 is 44.6. The van der Waals surface area contributed by atoms with Crippen LogP contribution >= 0.6 is 0 Å². The summed E-state index contributed by atoms with van der Waals surface area (Å²) in [5, 5.41) is -1.21. The molecule has 1 aliphatic carbocycles. The second-order valence-corrected chi connectivity index (χ2v) is 8.03. The van der Waals surface area contributed by atoms with E-state index in [1.165, 1.54) is 30.3 Å². The van der Waals surface area contributed by atoms with Gasteiger partial charge in [-0.2, -0.15) is 0 Å². The molecule has 0 amide bonds. The van der Waals surface area contributed by atoms with Crippen molar-refractivity contribution in [2.75, 3.05) is 6.61 Å². The third kappa shape index (κ3) is 2.83. The van der Waals surface area contributed by atoms with Gasteiger partial charge >= 0.3 is 5.97 Å². The molecule has 2 N–H and O–H groups in total. The van der Waals surface area contributed by atoms with Gasteiger partial charge in [-0.05, 0) is 36.8 Å². The van der Waals surface area contributed by atoms with Crippen molar-refractivity contribution in [2.45, 2.75) is 28.5 Å². The molecule has 0 spiro atoms. The number of sulfone groups is 1. The fourth-order valence-corrected chi connectivity index (χ4v) is 5.46. The number of esters is 1. The Hall–Kier alpha value is -2.25. The van der Waals surface area contributed by atoms with Crippen LogP contribution in [0.3, 0.4) is 0 Å². The molecular formula is C18H18FNO4S. The van der Waals surface area contributed by atoms with E-state index >= 15 is 0 Å². The summed E-state index contributed by atoms with van der Waals surface area (Å²) in [6.45, 7) is 1.69. The van der Waals surface area contributed by atoms with E-state index in [1.807, 2.05) is 0 Å². The van der Waals surface area contributed by atoms with Gasteiger partial charge < -0.3 is 10.5 Å². The van der Waals surface area contributed by atoms with Crippen LogP contribution in [0.2, 0.25) is 0 Å². The van der Waals surface area contributed by atoms with E-state index in [2.05, 4.69) is 0 Å². The number of hydrogen-bond donors (Lipinski definition) is 1. The molecule has 1 fully saturated rings. The quantitative estimate of drug-likeness (QED) is 0.822. The number of carbonyl (C=O) groups excluding carboxylic acids is 1. The van der Waals surface area contributed by atoms with Crippen LogP contribution in [0.5, 0.6) is 0 Å². The van der Waals surface area contributed by atoms with Gasteiger partial charge in [0.15, 0.2) is 9.84 Å². The average Bonchev–Trinajstić information content (AvgIpc) is 3.24. The predicted molar refractivity (Wildman–Crippen MR) is 90.1 cm³/mol. The smallest absolute Gasteiger partial charge is 0.328 e. The van der Waals surface area contributed by atoms with E-state index in [1.54, 1.807) is 31.2 Å². The second-order valence-electron chi connectivity index (χ2n) is 5.96. The minimum atomic E-state index is -3.90. The Balaban J connectivity index is 2.08. The SMILES string of the molecule is CCOC(=O)C1(N)C(c2cccc(F)c2)C1S(=O)(=O)c1ccccc1. The highest BCUT2D eigenvalue weighted by molar-refractivity contribution is 7.92. The summed E-state index contributed by atoms with van der Waals surface area (Å²) in [4.78, 5) is 12.4. The van der Waals surface area contributed by atoms with Crippen molar-refractivity contribution in [1.29, 1.82) is 0 Å². The lowest BCUT2D eigenvalue weighted by atomic mass is 10.1. The molecule has 0 radical (unpaired) electrons. The lowest BCUT2D eigenvalue weighted by Crippen LogP contribution is -2.41. The van der Waals surface area contributed by atoms with Crippen LogP contribution < -0.4 is 5.73 Å². The Labute approximate surface area is 145 Å². The van der Waals surface area contributed by atoms with Crippen LogP contribution in [0.4, 0.5) is 4.39 Å². The van der Waals surface area contributed by atoms with E-state index < -0.39 is 38.3 Å². The Kier molecular flexibility index (Phi) is 4.38. The maximum atomic E-state index is 13.6. The molecule has 2 aromatic rings. The third-order valence-corrected chi connectivity index (χ3v) is 6.68. The first-order valence-electron chi connectivity index (χ1n) is 7.84. The van der Waals surface area contributed by atoms with Crippen LogP contribution in [0.15, 0.2) is 59.5 Å². The molecule has 0 bridgehead atoms. The normalized spacial score (nSPS) is 25.4. The molecule has 3 unspecified atom stereocenters. The highest BCUT2D eigenvalue weighted by Crippen LogP contribution is 2.56. The Morgan fingerprint density at radius 3 is 2.48 bits per heavy atom. The zero-order valence-electron chi connectivity index (χ0n) is 13.6. The molecule has 0 saturated heterocycles. The zero-order valence-corrected chi connectivity index (χ0v) is 14.4. The van der Waals surface area contributed by atoms with Crippen molar-refractivity contribution in [2.24, 2.45) is 5.73 Å². The Morgan fingerprint density at radius 1 is 1.20 bits per heavy atom. The molecule has 1 saturated carbocycles. The number of carbonyl (C=O) groups is 1. The topological polar surface area (TPSA) is 86.5 Å². The highest BCUT2D eigenvalue weighted by Gasteiger charge is 2.74. The van der Waals surface area contributed by atoms with Gasteiger partial charge in [-0.25, -0.2) is 17.6 Å². The Morgan fingerprint density at radius 2 is 1.88 bits per heavy atom. The lowest BCUT2D eigenvalue weighted by Gasteiger charge is -2.11. The lowest BCUT2D eigenvalue weighted by molar-refractivity contribution is -0.145. The van der Waals surface area contributed by atoms with Crippen molar-refractivity contribution in [3.8, 4) is 0 Å². The van der Waals surface area contributed by atoms with E-state index in [4.69, 9.17) is 10.5 Å². The second kappa shape index (κ2) is 6.24. The number of nitrogens with two attached hydrogens (primary N) is 1. The third-order valence-electron chi connectivity index (χ3n) is 4.42. The predicted octanol–water partition coefficient (Wildman–Crippen LogP) is 2.03. The minimum absolute atomic E-state index is 0.0676. The van der Waals surface area contributed by atoms with Crippen LogP contribution in [-0.4, -0.2) is 31.8 Å². The largest absolute Gasteiger partial charge is 0.465 e. The molecule has 132 valence electrons. The molecule has 0 heterocycles. The average molecular weight is 363 g/mol. The molecule has 25 heavy (non-hydrogen) atoms. The first-order chi connectivity index (χ1) is 11.8. The van der Waals surface area contributed by atoms with Gasteiger partial charge in [0.1, 0.15) is 16.6 Å². The summed E-state index contributed by atoms with van der Waals surface area (Å²) >= 11 is 0. The van der Waals surface area contributed by atoms with Gasteiger partial charge in [-0.1, -0.05) is 30.3 Å². The molecule has 1 aliphatic rings. The van der Waals surface area contributed by atoms with Crippen LogP contribution in [0.1, 0.15) is 18.4 Å². The van der Waals surface area contributed by atoms with E-state index in [0.717, 1.165) is 0 Å². The summed E-state index contributed by atoms with van der Waals surface area (Å²) in [6.07, 6.45) is 0. The van der Waals surface area contributed by atoms with Gasteiger partial charge in [0.2, 0.25) is 0 Å². The number of benzene rings is 2. The maximum Gasteiger partial charge on any atom is 0.328 e. The van der Waals surface area contributed by atoms with E-state index in [0.29, 0.717) is 5.56 Å². The monoisotopic (exact) mass is 363 g/mol. The highest BCUT2D eigenvalue weighted by atomic mass is 32.2. The van der Waals surface area contributed by atoms with Gasteiger partial charge in [0.25, 0.3) is 0 Å². The summed E-state index contributed by atoms with van der Waals surface area (Å²) in [5.41, 5.74) is 4.82. The molecule has 7 heteroatoms. The standard InChI is InChI=1S/C18H18FNO4S/c1-2-24-17(21)18(20)15(12-7-6-8-13(19)11-12)16(18)25(22,23)14-9-4-3-5-10-14/h3-11,15-16H,2,20H2,1H3. The van der Waals surface area contributed by atoms with Crippen molar-refractivity contribution in [1.82, 2.24) is 0 Å².